The zero-order valence-electron chi connectivity index (χ0n) is 17.1. The van der Waals surface area contributed by atoms with Gasteiger partial charge >= 0.3 is 5.97 Å². The van der Waals surface area contributed by atoms with Crippen molar-refractivity contribution in [3.8, 4) is 10.4 Å². The van der Waals surface area contributed by atoms with E-state index in [1.807, 2.05) is 12.1 Å². The molecule has 4 rings (SSSR count). The van der Waals surface area contributed by atoms with E-state index in [1.54, 1.807) is 11.3 Å². The molecule has 0 spiro atoms. The zero-order chi connectivity index (χ0) is 21.6. The maximum absolute atomic E-state index is 11.4. The topological polar surface area (TPSA) is 29.5 Å². The Labute approximate surface area is 195 Å². The Morgan fingerprint density at radius 2 is 1.45 bits per heavy atom. The molecule has 0 aliphatic heterocycles. The third kappa shape index (κ3) is 5.24. The number of benzene rings is 3. The summed E-state index contributed by atoms with van der Waals surface area (Å²) in [5.41, 5.74) is 5.55. The number of rotatable bonds is 7. The van der Waals surface area contributed by atoms with E-state index in [1.165, 1.54) is 17.6 Å². The summed E-state index contributed by atoms with van der Waals surface area (Å²) in [5, 5.41) is 2.10. The molecule has 0 atom stereocenters. The first-order chi connectivity index (χ1) is 15.1. The van der Waals surface area contributed by atoms with Crippen molar-refractivity contribution >= 4 is 50.3 Å². The number of esters is 1. The fourth-order valence-electron chi connectivity index (χ4n) is 3.42. The van der Waals surface area contributed by atoms with Gasteiger partial charge < -0.3 is 9.64 Å². The second-order valence-electron chi connectivity index (χ2n) is 7.08. The third-order valence-electron chi connectivity index (χ3n) is 5.06. The van der Waals surface area contributed by atoms with E-state index in [0.29, 0.717) is 12.8 Å². The van der Waals surface area contributed by atoms with Gasteiger partial charge in [-0.2, -0.15) is 0 Å². The molecule has 1 aromatic heterocycles. The van der Waals surface area contributed by atoms with Gasteiger partial charge in [0.2, 0.25) is 0 Å². The zero-order valence-corrected chi connectivity index (χ0v) is 19.5. The molecule has 0 N–H and O–H groups in total. The van der Waals surface area contributed by atoms with Crippen LogP contribution in [0.3, 0.4) is 0 Å². The number of halogens is 1. The van der Waals surface area contributed by atoms with Gasteiger partial charge in [-0.05, 0) is 77.5 Å². The van der Waals surface area contributed by atoms with Gasteiger partial charge in [0.1, 0.15) is 0 Å². The molecule has 0 radical (unpaired) electrons. The van der Waals surface area contributed by atoms with Crippen molar-refractivity contribution in [2.75, 3.05) is 12.0 Å². The number of thiophene rings is 1. The van der Waals surface area contributed by atoms with E-state index in [2.05, 4.69) is 99.0 Å². The molecule has 0 amide bonds. The smallest absolute Gasteiger partial charge is 0.305 e. The predicted octanol–water partition coefficient (Wildman–Crippen LogP) is 7.75. The number of hydrogen-bond donors (Lipinski definition) is 0. The average molecular weight is 492 g/mol. The van der Waals surface area contributed by atoms with Gasteiger partial charge in [-0.3, -0.25) is 4.79 Å². The summed E-state index contributed by atoms with van der Waals surface area (Å²) in [6, 6.07) is 29.5. The SMILES string of the molecule is COC(=O)CCc1ccc(N(c2ccc(Br)cc2)c2ccc(-c3cccs3)cc2)cc1. The molecule has 0 fully saturated rings. The highest BCUT2D eigenvalue weighted by Crippen LogP contribution is 2.36. The Morgan fingerprint density at radius 3 is 2.00 bits per heavy atom. The Morgan fingerprint density at radius 1 is 0.871 bits per heavy atom. The van der Waals surface area contributed by atoms with E-state index < -0.39 is 0 Å². The highest BCUT2D eigenvalue weighted by Gasteiger charge is 2.13. The van der Waals surface area contributed by atoms with E-state index in [-0.39, 0.29) is 5.97 Å². The second kappa shape index (κ2) is 9.94. The van der Waals surface area contributed by atoms with Gasteiger partial charge in [-0.15, -0.1) is 11.3 Å². The molecule has 3 aromatic carbocycles. The van der Waals surface area contributed by atoms with Crippen LogP contribution in [0.15, 0.2) is 94.8 Å². The maximum atomic E-state index is 11.4. The first-order valence-corrected chi connectivity index (χ1v) is 11.7. The van der Waals surface area contributed by atoms with Crippen molar-refractivity contribution in [3.63, 3.8) is 0 Å². The second-order valence-corrected chi connectivity index (χ2v) is 8.94. The van der Waals surface area contributed by atoms with E-state index >= 15 is 0 Å². The molecule has 5 heteroatoms. The minimum atomic E-state index is -0.189. The van der Waals surface area contributed by atoms with Crippen LogP contribution in [-0.4, -0.2) is 13.1 Å². The van der Waals surface area contributed by atoms with Crippen LogP contribution in [0.1, 0.15) is 12.0 Å². The van der Waals surface area contributed by atoms with Gasteiger partial charge in [-0.25, -0.2) is 0 Å². The molecule has 0 aliphatic rings. The van der Waals surface area contributed by atoms with Crippen molar-refractivity contribution in [3.05, 3.63) is 100 Å². The molecule has 3 nitrogen and oxygen atoms in total. The fourth-order valence-corrected chi connectivity index (χ4v) is 4.41. The Bertz CT molecular complexity index is 1120. The highest BCUT2D eigenvalue weighted by atomic mass is 79.9. The van der Waals surface area contributed by atoms with Gasteiger partial charge in [0.25, 0.3) is 0 Å². The van der Waals surface area contributed by atoms with Gasteiger partial charge in [-0.1, -0.05) is 46.3 Å². The monoisotopic (exact) mass is 491 g/mol. The lowest BCUT2D eigenvalue weighted by atomic mass is 10.1. The molecule has 0 bridgehead atoms. The number of carbonyl (C=O) groups is 1. The number of ether oxygens (including phenoxy) is 1. The number of nitrogens with zero attached hydrogens (tertiary/aromatic N) is 1. The van der Waals surface area contributed by atoms with E-state index in [9.17, 15) is 4.79 Å². The molecule has 0 saturated carbocycles. The molecule has 31 heavy (non-hydrogen) atoms. The van der Waals surface area contributed by atoms with Crippen molar-refractivity contribution in [1.29, 1.82) is 0 Å². The molecule has 4 aromatic rings. The quantitative estimate of drug-likeness (QED) is 0.247. The molecule has 1 heterocycles. The normalized spacial score (nSPS) is 10.6. The lowest BCUT2D eigenvalue weighted by Gasteiger charge is -2.26. The summed E-state index contributed by atoms with van der Waals surface area (Å²) >= 11 is 5.27. The lowest BCUT2D eigenvalue weighted by Crippen LogP contribution is -2.10. The van der Waals surface area contributed by atoms with Crippen molar-refractivity contribution in [1.82, 2.24) is 0 Å². The molecule has 0 aliphatic carbocycles. The van der Waals surface area contributed by atoms with Crippen LogP contribution >= 0.6 is 27.3 Å². The summed E-state index contributed by atoms with van der Waals surface area (Å²) in [7, 11) is 1.42. The van der Waals surface area contributed by atoms with Crippen LogP contribution in [-0.2, 0) is 16.0 Å². The minimum Gasteiger partial charge on any atom is -0.469 e. The molecule has 0 unspecified atom stereocenters. The fraction of sp³-hybridized carbons (Fsp3) is 0.115. The predicted molar refractivity (Wildman–Crippen MR) is 132 cm³/mol. The molecule has 0 saturated heterocycles. The Kier molecular flexibility index (Phi) is 6.85. The number of methoxy groups -OCH3 is 1. The van der Waals surface area contributed by atoms with Crippen LogP contribution in [0, 0.1) is 0 Å². The van der Waals surface area contributed by atoms with E-state index in [4.69, 9.17) is 4.74 Å². The molecular formula is C26H22BrNO2S. The number of aryl methyl sites for hydroxylation is 1. The number of anilines is 3. The summed E-state index contributed by atoms with van der Waals surface area (Å²) in [5.74, 6) is -0.189. The van der Waals surface area contributed by atoms with Gasteiger partial charge in [0, 0.05) is 32.8 Å². The van der Waals surface area contributed by atoms with Crippen LogP contribution in [0.5, 0.6) is 0 Å². The standard InChI is InChI=1S/C26H22BrNO2S/c1-30-26(29)17-6-19-4-11-22(12-5-19)28(24-15-9-21(27)10-16-24)23-13-7-20(8-14-23)25-3-2-18-31-25/h2-5,7-16,18H,6,17H2,1H3. The Balaban J connectivity index is 1.65. The Hall–Kier alpha value is -2.89. The highest BCUT2D eigenvalue weighted by molar-refractivity contribution is 9.10. The van der Waals surface area contributed by atoms with Crippen molar-refractivity contribution < 1.29 is 9.53 Å². The maximum Gasteiger partial charge on any atom is 0.305 e. The van der Waals surface area contributed by atoms with Crippen molar-refractivity contribution in [2.45, 2.75) is 12.8 Å². The first kappa shape index (κ1) is 21.3. The minimum absolute atomic E-state index is 0.189. The average Bonchev–Trinajstić information content (AvgIpc) is 3.35. The first-order valence-electron chi connectivity index (χ1n) is 9.99. The molecular weight excluding hydrogens is 470 g/mol. The summed E-state index contributed by atoms with van der Waals surface area (Å²) < 4.78 is 5.79. The van der Waals surface area contributed by atoms with Crippen LogP contribution < -0.4 is 4.90 Å². The van der Waals surface area contributed by atoms with E-state index in [0.717, 1.165) is 27.1 Å². The number of hydrogen-bond acceptors (Lipinski definition) is 4. The lowest BCUT2D eigenvalue weighted by molar-refractivity contribution is -0.140. The van der Waals surface area contributed by atoms with Crippen LogP contribution in [0.2, 0.25) is 0 Å². The number of carbonyl (C=O) groups excluding carboxylic acids is 1. The summed E-state index contributed by atoms with van der Waals surface area (Å²) in [6.07, 6.45) is 1.05. The van der Waals surface area contributed by atoms with Gasteiger partial charge in [0.15, 0.2) is 0 Å². The summed E-state index contributed by atoms with van der Waals surface area (Å²) in [4.78, 5) is 14.9. The van der Waals surface area contributed by atoms with Crippen LogP contribution in [0.25, 0.3) is 10.4 Å². The molecule has 156 valence electrons. The van der Waals surface area contributed by atoms with Crippen LogP contribution in [0.4, 0.5) is 17.1 Å². The summed E-state index contributed by atoms with van der Waals surface area (Å²) in [6.45, 7) is 0. The van der Waals surface area contributed by atoms with Crippen molar-refractivity contribution in [2.24, 2.45) is 0 Å². The largest absolute Gasteiger partial charge is 0.469 e. The third-order valence-corrected chi connectivity index (χ3v) is 6.50. The van der Waals surface area contributed by atoms with Gasteiger partial charge in [0.05, 0.1) is 7.11 Å².